The van der Waals surface area contributed by atoms with Crippen LogP contribution in [0.4, 0.5) is 5.82 Å². The first kappa shape index (κ1) is 20.0. The van der Waals surface area contributed by atoms with E-state index in [9.17, 15) is 4.79 Å². The third kappa shape index (κ3) is 4.02. The van der Waals surface area contributed by atoms with Gasteiger partial charge < -0.3 is 24.2 Å². The van der Waals surface area contributed by atoms with Gasteiger partial charge in [-0.1, -0.05) is 35.5 Å². The summed E-state index contributed by atoms with van der Waals surface area (Å²) in [4.78, 5) is 13.9. The highest BCUT2D eigenvalue weighted by Crippen LogP contribution is 2.36. The van der Waals surface area contributed by atoms with E-state index in [-0.39, 0.29) is 11.9 Å². The van der Waals surface area contributed by atoms with E-state index in [1.807, 2.05) is 24.3 Å². The zero-order chi connectivity index (χ0) is 21.1. The molecule has 2 aromatic carbocycles. The molecule has 1 aliphatic rings. The van der Waals surface area contributed by atoms with E-state index in [1.54, 1.807) is 27.2 Å². The second-order valence-electron chi connectivity index (χ2n) is 7.46. The molecule has 0 saturated carbocycles. The molecule has 2 atom stereocenters. The van der Waals surface area contributed by atoms with Gasteiger partial charge in [0, 0.05) is 23.6 Å². The maximum Gasteiger partial charge on any atom is 0.280 e. The van der Waals surface area contributed by atoms with Crippen LogP contribution in [-0.2, 0) is 11.2 Å². The number of aryl methyl sites for hydroxylation is 1. The number of carbonyl (C=O) groups excluding carboxylic acids is 1. The van der Waals surface area contributed by atoms with Crippen LogP contribution in [0.5, 0.6) is 11.5 Å². The lowest BCUT2D eigenvalue weighted by atomic mass is 9.87. The zero-order valence-corrected chi connectivity index (χ0v) is 17.4. The van der Waals surface area contributed by atoms with Gasteiger partial charge >= 0.3 is 0 Å². The number of hydrogen-bond donors (Lipinski definition) is 2. The molecule has 30 heavy (non-hydrogen) atoms. The normalized spacial score (nSPS) is 17.8. The van der Waals surface area contributed by atoms with Gasteiger partial charge in [0.2, 0.25) is 0 Å². The number of anilines is 1. The third-order valence-corrected chi connectivity index (χ3v) is 5.50. The lowest BCUT2D eigenvalue weighted by molar-refractivity contribution is -0.919. The van der Waals surface area contributed by atoms with Crippen LogP contribution in [0.15, 0.2) is 53.1 Å². The Balaban J connectivity index is 1.66. The highest BCUT2D eigenvalue weighted by atomic mass is 16.5. The van der Waals surface area contributed by atoms with Crippen LogP contribution in [0.2, 0.25) is 0 Å². The second-order valence-corrected chi connectivity index (χ2v) is 7.46. The molecule has 2 N–H and O–H groups in total. The molecule has 0 bridgehead atoms. The Morgan fingerprint density at radius 2 is 1.90 bits per heavy atom. The number of hydrogen-bond acceptors (Lipinski definition) is 5. The largest absolute Gasteiger partial charge is 0.493 e. The number of carbonyl (C=O) groups is 1. The van der Waals surface area contributed by atoms with Crippen molar-refractivity contribution in [1.29, 1.82) is 0 Å². The van der Waals surface area contributed by atoms with Gasteiger partial charge in [-0.15, -0.1) is 0 Å². The molecule has 1 aromatic heterocycles. The van der Waals surface area contributed by atoms with Gasteiger partial charge in [0.05, 0.1) is 20.8 Å². The maximum absolute atomic E-state index is 12.7. The summed E-state index contributed by atoms with van der Waals surface area (Å²) in [6.07, 6.45) is 0.852. The van der Waals surface area contributed by atoms with E-state index in [1.165, 1.54) is 10.5 Å². The highest BCUT2D eigenvalue weighted by molar-refractivity contribution is 5.90. The van der Waals surface area contributed by atoms with Gasteiger partial charge in [-0.2, -0.15) is 0 Å². The van der Waals surface area contributed by atoms with Gasteiger partial charge in [-0.05, 0) is 24.6 Å². The number of methoxy groups -OCH3 is 2. The highest BCUT2D eigenvalue weighted by Gasteiger charge is 2.35. The summed E-state index contributed by atoms with van der Waals surface area (Å²) in [7, 11) is 3.29. The fourth-order valence-electron chi connectivity index (χ4n) is 4.15. The number of nitrogens with one attached hydrogen (secondary N) is 2. The monoisotopic (exact) mass is 408 g/mol. The van der Waals surface area contributed by atoms with Gasteiger partial charge in [-0.3, -0.25) is 4.79 Å². The predicted molar refractivity (Wildman–Crippen MR) is 112 cm³/mol. The molecule has 1 amide bonds. The van der Waals surface area contributed by atoms with Gasteiger partial charge in [0.15, 0.2) is 23.9 Å². The molecule has 4 rings (SSSR count). The summed E-state index contributed by atoms with van der Waals surface area (Å²) in [5, 5.41) is 6.69. The van der Waals surface area contributed by atoms with Crippen molar-refractivity contribution in [3.63, 3.8) is 0 Å². The molecule has 7 heteroatoms. The minimum Gasteiger partial charge on any atom is -0.493 e. The summed E-state index contributed by atoms with van der Waals surface area (Å²) in [5.74, 6) is 2.43. The lowest BCUT2D eigenvalue weighted by Crippen LogP contribution is -3.14. The number of amides is 1. The summed E-state index contributed by atoms with van der Waals surface area (Å²) in [6, 6.07) is 16.1. The first-order valence-electron chi connectivity index (χ1n) is 9.96. The Morgan fingerprint density at radius 3 is 2.57 bits per heavy atom. The van der Waals surface area contributed by atoms with Gasteiger partial charge in [0.1, 0.15) is 11.8 Å². The van der Waals surface area contributed by atoms with Crippen molar-refractivity contribution < 1.29 is 23.7 Å². The van der Waals surface area contributed by atoms with Crippen molar-refractivity contribution in [2.45, 2.75) is 19.4 Å². The fourth-order valence-corrected chi connectivity index (χ4v) is 4.15. The van der Waals surface area contributed by atoms with E-state index in [4.69, 9.17) is 14.0 Å². The van der Waals surface area contributed by atoms with Crippen LogP contribution in [0, 0.1) is 6.92 Å². The van der Waals surface area contributed by atoms with Crippen molar-refractivity contribution in [3.8, 4) is 11.5 Å². The molecule has 0 radical (unpaired) electrons. The van der Waals surface area contributed by atoms with Crippen LogP contribution in [0.1, 0.15) is 28.5 Å². The Kier molecular flexibility index (Phi) is 5.72. The molecule has 2 heterocycles. The number of quaternary nitrogens is 1. The van der Waals surface area contributed by atoms with Crippen LogP contribution < -0.4 is 19.7 Å². The standard InChI is InChI=1S/C23H25N3O4/c1-15-11-21(25-30-15)24-22(27)14-26-10-9-17-12-19(28-2)20(29-3)13-18(17)23(26)16-7-5-4-6-8-16/h4-8,11-13,23H,9-10,14H2,1-3H3,(H,24,25,27)/p+1/t23-/m0/s1. The first-order chi connectivity index (χ1) is 14.6. The van der Waals surface area contributed by atoms with Crippen LogP contribution in [-0.4, -0.2) is 38.4 Å². The van der Waals surface area contributed by atoms with E-state index in [0.29, 0.717) is 23.9 Å². The SMILES string of the molecule is COc1cc2c(cc1OC)[C@H](c1ccccc1)[NH+](CC(=O)Nc1cc(C)on1)CC2. The van der Waals surface area contributed by atoms with E-state index < -0.39 is 0 Å². The third-order valence-electron chi connectivity index (χ3n) is 5.50. The molecule has 0 spiro atoms. The van der Waals surface area contributed by atoms with Crippen LogP contribution in [0.25, 0.3) is 0 Å². The van der Waals surface area contributed by atoms with E-state index in [0.717, 1.165) is 29.8 Å². The maximum atomic E-state index is 12.7. The molecular formula is C23H26N3O4+. The average Bonchev–Trinajstić information content (AvgIpc) is 3.17. The number of benzene rings is 2. The molecule has 1 aliphatic heterocycles. The minimum atomic E-state index is -0.0943. The summed E-state index contributed by atoms with van der Waals surface area (Å²) in [6.45, 7) is 2.94. The lowest BCUT2D eigenvalue weighted by Gasteiger charge is -2.34. The molecule has 0 aliphatic carbocycles. The van der Waals surface area contributed by atoms with Crippen molar-refractivity contribution in [2.75, 3.05) is 32.6 Å². The fraction of sp³-hybridized carbons (Fsp3) is 0.304. The number of rotatable bonds is 6. The summed E-state index contributed by atoms with van der Waals surface area (Å²) < 4.78 is 16.1. The molecule has 156 valence electrons. The number of aromatic nitrogens is 1. The number of nitrogens with zero attached hydrogens (tertiary/aromatic N) is 1. The number of ether oxygens (including phenoxy) is 2. The van der Waals surface area contributed by atoms with Crippen molar-refractivity contribution >= 4 is 11.7 Å². The summed E-state index contributed by atoms with van der Waals surface area (Å²) >= 11 is 0. The second kappa shape index (κ2) is 8.59. The predicted octanol–water partition coefficient (Wildman–Crippen LogP) is 2.17. The molecule has 1 unspecified atom stereocenters. The Morgan fingerprint density at radius 1 is 1.17 bits per heavy atom. The van der Waals surface area contributed by atoms with E-state index in [2.05, 4.69) is 28.7 Å². The summed E-state index contributed by atoms with van der Waals surface area (Å²) in [5.41, 5.74) is 3.54. The van der Waals surface area contributed by atoms with Gasteiger partial charge in [-0.25, -0.2) is 0 Å². The molecule has 3 aromatic rings. The number of fused-ring (bicyclic) bond motifs is 1. The topological polar surface area (TPSA) is 78.0 Å². The minimum absolute atomic E-state index is 0.0135. The van der Waals surface area contributed by atoms with Crippen molar-refractivity contribution in [2.24, 2.45) is 0 Å². The smallest absolute Gasteiger partial charge is 0.280 e. The van der Waals surface area contributed by atoms with Crippen LogP contribution >= 0.6 is 0 Å². The first-order valence-corrected chi connectivity index (χ1v) is 9.96. The van der Waals surface area contributed by atoms with E-state index >= 15 is 0 Å². The van der Waals surface area contributed by atoms with Crippen molar-refractivity contribution in [3.05, 3.63) is 71.0 Å². The quantitative estimate of drug-likeness (QED) is 0.654. The zero-order valence-electron chi connectivity index (χ0n) is 17.4. The Bertz CT molecular complexity index is 1030. The molecular weight excluding hydrogens is 382 g/mol. The average molecular weight is 408 g/mol. The van der Waals surface area contributed by atoms with Gasteiger partial charge in [0.25, 0.3) is 5.91 Å². The molecule has 0 fully saturated rings. The van der Waals surface area contributed by atoms with Crippen molar-refractivity contribution in [1.82, 2.24) is 5.16 Å². The molecule has 7 nitrogen and oxygen atoms in total. The Hall–Kier alpha value is -3.32. The van der Waals surface area contributed by atoms with Crippen LogP contribution in [0.3, 0.4) is 0 Å². The molecule has 0 saturated heterocycles. The Labute approximate surface area is 175 Å².